The van der Waals surface area contributed by atoms with Crippen LogP contribution in [-0.4, -0.2) is 5.25 Å². The molecular formula is C35H28S. The Labute approximate surface area is 217 Å². The van der Waals surface area contributed by atoms with Crippen molar-refractivity contribution < 1.29 is 0 Å². The Kier molecular flexibility index (Phi) is 6.09. The zero-order valence-corrected chi connectivity index (χ0v) is 21.4. The average Bonchev–Trinajstić information content (AvgIpc) is 2.92. The first kappa shape index (κ1) is 22.6. The molecule has 0 heterocycles. The van der Waals surface area contributed by atoms with Gasteiger partial charge in [0.15, 0.2) is 0 Å². The van der Waals surface area contributed by atoms with Crippen LogP contribution in [0, 0.1) is 0 Å². The summed E-state index contributed by atoms with van der Waals surface area (Å²) in [4.78, 5) is 1.32. The van der Waals surface area contributed by atoms with E-state index >= 15 is 0 Å². The van der Waals surface area contributed by atoms with Crippen LogP contribution in [0.4, 0.5) is 0 Å². The van der Waals surface area contributed by atoms with Crippen molar-refractivity contribution in [3.63, 3.8) is 0 Å². The van der Waals surface area contributed by atoms with E-state index < -0.39 is 0 Å². The summed E-state index contributed by atoms with van der Waals surface area (Å²) in [6.45, 7) is 4.51. The summed E-state index contributed by atoms with van der Waals surface area (Å²) in [6.07, 6.45) is 0. The monoisotopic (exact) mass is 480 g/mol. The van der Waals surface area contributed by atoms with Crippen molar-refractivity contribution in [1.29, 1.82) is 0 Å². The van der Waals surface area contributed by atoms with Gasteiger partial charge in [-0.1, -0.05) is 129 Å². The predicted octanol–water partition coefficient (Wildman–Crippen LogP) is 10.5. The second-order valence-corrected chi connectivity index (χ2v) is 11.1. The first-order chi connectivity index (χ1) is 17.7. The second-order valence-electron chi connectivity index (χ2n) is 9.48. The molecule has 0 N–H and O–H groups in total. The molecule has 0 bridgehead atoms. The highest BCUT2D eigenvalue weighted by Crippen LogP contribution is 2.45. The van der Waals surface area contributed by atoms with E-state index in [0.29, 0.717) is 5.25 Å². The van der Waals surface area contributed by atoms with Crippen LogP contribution in [0.1, 0.15) is 13.8 Å². The number of benzene rings is 6. The maximum Gasteiger partial charge on any atom is 0.00811 e. The molecule has 0 amide bonds. The minimum absolute atomic E-state index is 0.535. The van der Waals surface area contributed by atoms with E-state index in [-0.39, 0.29) is 0 Å². The van der Waals surface area contributed by atoms with E-state index in [1.165, 1.54) is 59.8 Å². The molecule has 0 nitrogen and oxygen atoms in total. The molecule has 0 fully saturated rings. The van der Waals surface area contributed by atoms with Crippen LogP contribution in [0.3, 0.4) is 0 Å². The van der Waals surface area contributed by atoms with E-state index in [1.54, 1.807) is 0 Å². The lowest BCUT2D eigenvalue weighted by Gasteiger charge is -2.19. The maximum atomic E-state index is 2.40. The molecule has 6 rings (SSSR count). The zero-order chi connectivity index (χ0) is 24.5. The first-order valence-corrected chi connectivity index (χ1v) is 13.4. The topological polar surface area (TPSA) is 0 Å². The lowest BCUT2D eigenvalue weighted by Crippen LogP contribution is -1.92. The van der Waals surface area contributed by atoms with Crippen LogP contribution >= 0.6 is 11.8 Å². The molecule has 0 aliphatic heterocycles. The van der Waals surface area contributed by atoms with Crippen molar-refractivity contribution in [2.75, 3.05) is 0 Å². The Hall–Kier alpha value is -3.81. The molecule has 0 radical (unpaired) electrons. The zero-order valence-electron chi connectivity index (χ0n) is 20.6. The van der Waals surface area contributed by atoms with Gasteiger partial charge in [0.05, 0.1) is 0 Å². The van der Waals surface area contributed by atoms with E-state index in [0.717, 1.165) is 0 Å². The first-order valence-electron chi connectivity index (χ1n) is 12.6. The normalized spacial score (nSPS) is 11.4. The Balaban J connectivity index is 1.65. The highest BCUT2D eigenvalue weighted by molar-refractivity contribution is 7.99. The smallest absolute Gasteiger partial charge is 0.00811 e. The van der Waals surface area contributed by atoms with Crippen molar-refractivity contribution in [2.24, 2.45) is 0 Å². The number of rotatable bonds is 5. The molecule has 0 aliphatic rings. The third-order valence-corrected chi connectivity index (χ3v) is 7.71. The Morgan fingerprint density at radius 2 is 0.861 bits per heavy atom. The standard InChI is InChI=1S/C35H28S/c1-24(2)36-29-21-22-32-33(23-29)35(27-13-7-4-8-14-27)31-16-10-9-15-30(31)34(32)28-19-17-26(18-20-28)25-11-5-3-6-12-25/h3-24H,1-2H3. The van der Waals surface area contributed by atoms with Gasteiger partial charge in [0.25, 0.3) is 0 Å². The third-order valence-electron chi connectivity index (χ3n) is 6.71. The SMILES string of the molecule is CC(C)Sc1ccc2c(-c3ccc(-c4ccccc4)cc3)c3ccccc3c(-c3ccccc3)c2c1. The van der Waals surface area contributed by atoms with Gasteiger partial charge in [0, 0.05) is 10.1 Å². The number of hydrogen-bond donors (Lipinski definition) is 0. The number of thioether (sulfide) groups is 1. The summed E-state index contributed by atoms with van der Waals surface area (Å²) in [7, 11) is 0. The summed E-state index contributed by atoms with van der Waals surface area (Å²) in [5.41, 5.74) is 7.62. The van der Waals surface area contributed by atoms with Crippen LogP contribution in [0.5, 0.6) is 0 Å². The molecule has 0 aromatic heterocycles. The Bertz CT molecular complexity index is 1650. The molecular weight excluding hydrogens is 452 g/mol. The van der Waals surface area contributed by atoms with Gasteiger partial charge < -0.3 is 0 Å². The van der Waals surface area contributed by atoms with Gasteiger partial charge in [-0.3, -0.25) is 0 Å². The summed E-state index contributed by atoms with van der Waals surface area (Å²) >= 11 is 1.92. The summed E-state index contributed by atoms with van der Waals surface area (Å²) < 4.78 is 0. The van der Waals surface area contributed by atoms with E-state index in [4.69, 9.17) is 0 Å². The van der Waals surface area contributed by atoms with Gasteiger partial charge in [-0.25, -0.2) is 0 Å². The minimum atomic E-state index is 0.535. The molecule has 1 heteroatoms. The molecule has 0 saturated heterocycles. The summed E-state index contributed by atoms with van der Waals surface area (Å²) in [5.74, 6) is 0. The van der Waals surface area contributed by atoms with Crippen LogP contribution in [-0.2, 0) is 0 Å². The molecule has 174 valence electrons. The highest BCUT2D eigenvalue weighted by atomic mass is 32.2. The Morgan fingerprint density at radius 3 is 1.47 bits per heavy atom. The number of hydrogen-bond acceptors (Lipinski definition) is 1. The lowest BCUT2D eigenvalue weighted by molar-refractivity contribution is 1.11. The van der Waals surface area contributed by atoms with Crippen molar-refractivity contribution in [3.8, 4) is 33.4 Å². The molecule has 0 saturated carbocycles. The van der Waals surface area contributed by atoms with Gasteiger partial charge in [0.1, 0.15) is 0 Å². The Morgan fingerprint density at radius 1 is 0.417 bits per heavy atom. The molecule has 0 atom stereocenters. The van der Waals surface area contributed by atoms with Crippen molar-refractivity contribution in [3.05, 3.63) is 127 Å². The fraction of sp³-hybridized carbons (Fsp3) is 0.0857. The minimum Gasteiger partial charge on any atom is -0.123 e. The van der Waals surface area contributed by atoms with Crippen molar-refractivity contribution >= 4 is 33.3 Å². The third kappa shape index (κ3) is 4.21. The summed E-state index contributed by atoms with van der Waals surface area (Å²) in [6, 6.07) is 46.4. The van der Waals surface area contributed by atoms with Gasteiger partial charge in [-0.15, -0.1) is 11.8 Å². The van der Waals surface area contributed by atoms with Gasteiger partial charge in [-0.05, 0) is 67.1 Å². The van der Waals surface area contributed by atoms with Crippen LogP contribution < -0.4 is 0 Å². The quantitative estimate of drug-likeness (QED) is 0.175. The molecule has 0 spiro atoms. The lowest BCUT2D eigenvalue weighted by atomic mass is 9.86. The van der Waals surface area contributed by atoms with E-state index in [9.17, 15) is 0 Å². The van der Waals surface area contributed by atoms with E-state index in [1.807, 2.05) is 11.8 Å². The summed E-state index contributed by atoms with van der Waals surface area (Å²) in [5, 5.41) is 5.74. The second kappa shape index (κ2) is 9.68. The molecule has 0 aliphatic carbocycles. The van der Waals surface area contributed by atoms with Gasteiger partial charge in [-0.2, -0.15) is 0 Å². The van der Waals surface area contributed by atoms with Crippen LogP contribution in [0.2, 0.25) is 0 Å². The maximum absolute atomic E-state index is 2.40. The van der Waals surface area contributed by atoms with E-state index in [2.05, 4.69) is 141 Å². The van der Waals surface area contributed by atoms with Crippen LogP contribution in [0.25, 0.3) is 54.9 Å². The van der Waals surface area contributed by atoms with Crippen LogP contribution in [0.15, 0.2) is 132 Å². The predicted molar refractivity (Wildman–Crippen MR) is 159 cm³/mol. The van der Waals surface area contributed by atoms with Gasteiger partial charge in [0.2, 0.25) is 0 Å². The van der Waals surface area contributed by atoms with Crippen molar-refractivity contribution in [2.45, 2.75) is 24.0 Å². The molecule has 6 aromatic rings. The fourth-order valence-electron chi connectivity index (χ4n) is 5.19. The average molecular weight is 481 g/mol. The number of fused-ring (bicyclic) bond motifs is 2. The highest BCUT2D eigenvalue weighted by Gasteiger charge is 2.17. The molecule has 0 unspecified atom stereocenters. The molecule has 6 aromatic carbocycles. The molecule has 36 heavy (non-hydrogen) atoms. The fourth-order valence-corrected chi connectivity index (χ4v) is 6.07. The largest absolute Gasteiger partial charge is 0.123 e. The van der Waals surface area contributed by atoms with Gasteiger partial charge >= 0.3 is 0 Å². The van der Waals surface area contributed by atoms with Crippen molar-refractivity contribution in [1.82, 2.24) is 0 Å².